The van der Waals surface area contributed by atoms with Gasteiger partial charge in [0.1, 0.15) is 0 Å². The number of aromatic nitrogens is 1. The number of nitrogens with two attached hydrogens (primary N) is 1. The van der Waals surface area contributed by atoms with E-state index < -0.39 is 0 Å². The Morgan fingerprint density at radius 2 is 2.16 bits per heavy atom. The number of nitrogens with one attached hydrogen (secondary N) is 1. The van der Waals surface area contributed by atoms with Gasteiger partial charge in [-0.15, -0.1) is 0 Å². The van der Waals surface area contributed by atoms with Crippen molar-refractivity contribution < 1.29 is 9.59 Å². The molecule has 0 aliphatic carbocycles. The second-order valence-electron chi connectivity index (χ2n) is 4.37. The molecule has 0 fully saturated rings. The van der Waals surface area contributed by atoms with Crippen molar-refractivity contribution in [3.05, 3.63) is 24.5 Å². The second kappa shape index (κ2) is 8.07. The maximum Gasteiger partial charge on any atom is 0.321 e. The summed E-state index contributed by atoms with van der Waals surface area (Å²) < 4.78 is 0. The van der Waals surface area contributed by atoms with Crippen LogP contribution in [0.5, 0.6) is 0 Å². The van der Waals surface area contributed by atoms with Crippen molar-refractivity contribution in [1.82, 2.24) is 9.88 Å². The van der Waals surface area contributed by atoms with Crippen molar-refractivity contribution >= 4 is 17.6 Å². The highest BCUT2D eigenvalue weighted by molar-refractivity contribution is 5.88. The number of carbonyl (C=O) groups excluding carboxylic acids is 2. The summed E-state index contributed by atoms with van der Waals surface area (Å²) in [5, 5.41) is 2.75. The maximum absolute atomic E-state index is 11.8. The summed E-state index contributed by atoms with van der Waals surface area (Å²) in [5.41, 5.74) is 5.72. The van der Waals surface area contributed by atoms with Gasteiger partial charge in [0.25, 0.3) is 0 Å². The van der Waals surface area contributed by atoms with E-state index in [4.69, 9.17) is 5.73 Å². The van der Waals surface area contributed by atoms with Crippen LogP contribution in [0.4, 0.5) is 10.5 Å². The number of amides is 3. The highest BCUT2D eigenvalue weighted by Crippen LogP contribution is 2.05. The summed E-state index contributed by atoms with van der Waals surface area (Å²) in [7, 11) is 1.74. The minimum Gasteiger partial charge on any atom is -0.370 e. The van der Waals surface area contributed by atoms with Gasteiger partial charge in [0.15, 0.2) is 0 Å². The van der Waals surface area contributed by atoms with Crippen LogP contribution in [-0.2, 0) is 4.79 Å². The molecule has 0 spiro atoms. The number of urea groups is 1. The maximum atomic E-state index is 11.8. The molecule has 0 saturated heterocycles. The Labute approximate surface area is 113 Å². The average Bonchev–Trinajstić information content (AvgIpc) is 2.38. The number of anilines is 1. The van der Waals surface area contributed by atoms with Crippen molar-refractivity contribution in [3.8, 4) is 0 Å². The molecule has 1 aromatic heterocycles. The molecule has 3 N–H and O–H groups in total. The van der Waals surface area contributed by atoms with Crippen molar-refractivity contribution in [3.63, 3.8) is 0 Å². The summed E-state index contributed by atoms with van der Waals surface area (Å²) in [6, 6.07) is 3.38. The highest BCUT2D eigenvalue weighted by atomic mass is 16.2. The van der Waals surface area contributed by atoms with Crippen LogP contribution in [0.1, 0.15) is 25.7 Å². The predicted molar refractivity (Wildman–Crippen MR) is 73.5 cm³/mol. The minimum absolute atomic E-state index is 0.164. The van der Waals surface area contributed by atoms with E-state index in [1.165, 1.54) is 0 Å². The molecule has 0 aliphatic heterocycles. The first kappa shape index (κ1) is 14.9. The third kappa shape index (κ3) is 6.40. The molecule has 0 aromatic carbocycles. The SMILES string of the molecule is CN(CCCCCC(N)=O)C(=O)Nc1cccnc1. The summed E-state index contributed by atoms with van der Waals surface area (Å²) in [5.74, 6) is -0.275. The van der Waals surface area contributed by atoms with Gasteiger partial charge in [0.2, 0.25) is 5.91 Å². The van der Waals surface area contributed by atoms with Crippen molar-refractivity contribution in [2.24, 2.45) is 5.73 Å². The normalized spacial score (nSPS) is 9.95. The van der Waals surface area contributed by atoms with Crippen LogP contribution in [0.3, 0.4) is 0 Å². The molecular formula is C13H20N4O2. The van der Waals surface area contributed by atoms with Crippen LogP contribution in [0.25, 0.3) is 0 Å². The van der Waals surface area contributed by atoms with Gasteiger partial charge in [-0.25, -0.2) is 4.79 Å². The average molecular weight is 264 g/mol. The van der Waals surface area contributed by atoms with Crippen LogP contribution >= 0.6 is 0 Å². The molecular weight excluding hydrogens is 244 g/mol. The zero-order valence-electron chi connectivity index (χ0n) is 11.1. The Balaban J connectivity index is 2.20. The summed E-state index contributed by atoms with van der Waals surface area (Å²) >= 11 is 0. The molecule has 1 rings (SSSR count). The number of rotatable bonds is 7. The molecule has 0 atom stereocenters. The van der Waals surface area contributed by atoms with Crippen LogP contribution < -0.4 is 11.1 Å². The number of pyridine rings is 1. The zero-order valence-corrected chi connectivity index (χ0v) is 11.1. The van der Waals surface area contributed by atoms with E-state index in [2.05, 4.69) is 10.3 Å². The molecule has 1 aromatic rings. The molecule has 0 bridgehead atoms. The number of unbranched alkanes of at least 4 members (excludes halogenated alkanes) is 2. The lowest BCUT2D eigenvalue weighted by Gasteiger charge is -2.17. The Kier molecular flexibility index (Phi) is 6.35. The highest BCUT2D eigenvalue weighted by Gasteiger charge is 2.08. The largest absolute Gasteiger partial charge is 0.370 e. The van der Waals surface area contributed by atoms with Crippen LogP contribution in [0.15, 0.2) is 24.5 Å². The predicted octanol–water partition coefficient (Wildman–Crippen LogP) is 1.59. The Morgan fingerprint density at radius 3 is 2.79 bits per heavy atom. The number of nitrogens with zero attached hydrogens (tertiary/aromatic N) is 2. The van der Waals surface area contributed by atoms with Crippen molar-refractivity contribution in [2.75, 3.05) is 18.9 Å². The molecule has 19 heavy (non-hydrogen) atoms. The van der Waals surface area contributed by atoms with Crippen LogP contribution in [0, 0.1) is 0 Å². The van der Waals surface area contributed by atoms with Gasteiger partial charge in [0.05, 0.1) is 11.9 Å². The summed E-state index contributed by atoms with van der Waals surface area (Å²) in [6.07, 6.45) is 6.16. The molecule has 0 saturated carbocycles. The van der Waals surface area contributed by atoms with E-state index in [-0.39, 0.29) is 11.9 Å². The number of primary amides is 1. The van der Waals surface area contributed by atoms with Crippen LogP contribution in [-0.4, -0.2) is 35.4 Å². The van der Waals surface area contributed by atoms with E-state index in [0.29, 0.717) is 18.7 Å². The molecule has 0 radical (unpaired) electrons. The van der Waals surface area contributed by atoms with Gasteiger partial charge in [0, 0.05) is 26.2 Å². The van der Waals surface area contributed by atoms with E-state index >= 15 is 0 Å². The lowest BCUT2D eigenvalue weighted by molar-refractivity contribution is -0.118. The van der Waals surface area contributed by atoms with Gasteiger partial charge < -0.3 is 16.0 Å². The van der Waals surface area contributed by atoms with Gasteiger partial charge in [-0.3, -0.25) is 9.78 Å². The van der Waals surface area contributed by atoms with Crippen LogP contribution in [0.2, 0.25) is 0 Å². The topological polar surface area (TPSA) is 88.3 Å². The van der Waals surface area contributed by atoms with Gasteiger partial charge in [-0.2, -0.15) is 0 Å². The number of carbonyl (C=O) groups is 2. The molecule has 6 nitrogen and oxygen atoms in total. The fraction of sp³-hybridized carbons (Fsp3) is 0.462. The van der Waals surface area contributed by atoms with E-state index in [9.17, 15) is 9.59 Å². The second-order valence-corrected chi connectivity index (χ2v) is 4.37. The molecule has 6 heteroatoms. The zero-order chi connectivity index (χ0) is 14.1. The smallest absolute Gasteiger partial charge is 0.321 e. The summed E-state index contributed by atoms with van der Waals surface area (Å²) in [6.45, 7) is 0.644. The summed E-state index contributed by atoms with van der Waals surface area (Å²) in [4.78, 5) is 27.9. The Bertz CT molecular complexity index is 408. The Morgan fingerprint density at radius 1 is 1.37 bits per heavy atom. The Hall–Kier alpha value is -2.11. The standard InChI is InChI=1S/C13H20N4O2/c1-17(9-4-2-3-7-12(14)18)13(19)16-11-6-5-8-15-10-11/h5-6,8,10H,2-4,7,9H2,1H3,(H2,14,18)(H,16,19). The fourth-order valence-corrected chi connectivity index (χ4v) is 1.58. The molecule has 1 heterocycles. The van der Waals surface area contributed by atoms with E-state index in [0.717, 1.165) is 19.3 Å². The fourth-order valence-electron chi connectivity index (χ4n) is 1.58. The molecule has 0 aliphatic rings. The molecule has 0 unspecified atom stereocenters. The number of hydrogen-bond donors (Lipinski definition) is 2. The lowest BCUT2D eigenvalue weighted by atomic mass is 10.2. The third-order valence-corrected chi connectivity index (χ3v) is 2.68. The van der Waals surface area contributed by atoms with E-state index in [1.54, 1.807) is 36.5 Å². The van der Waals surface area contributed by atoms with Crippen molar-refractivity contribution in [2.45, 2.75) is 25.7 Å². The monoisotopic (exact) mass is 264 g/mol. The quantitative estimate of drug-likeness (QED) is 0.733. The lowest BCUT2D eigenvalue weighted by Crippen LogP contribution is -2.32. The molecule has 3 amide bonds. The minimum atomic E-state index is -0.275. The van der Waals surface area contributed by atoms with Gasteiger partial charge in [-0.1, -0.05) is 6.42 Å². The van der Waals surface area contributed by atoms with Gasteiger partial charge >= 0.3 is 6.03 Å². The van der Waals surface area contributed by atoms with E-state index in [1.807, 2.05) is 0 Å². The van der Waals surface area contributed by atoms with Crippen molar-refractivity contribution in [1.29, 1.82) is 0 Å². The third-order valence-electron chi connectivity index (χ3n) is 2.68. The molecule has 104 valence electrons. The first-order chi connectivity index (χ1) is 9.09. The van der Waals surface area contributed by atoms with Gasteiger partial charge in [-0.05, 0) is 25.0 Å². The first-order valence-corrected chi connectivity index (χ1v) is 6.30. The first-order valence-electron chi connectivity index (χ1n) is 6.30. The number of hydrogen-bond acceptors (Lipinski definition) is 3.